The number of hydrogen-bond donors (Lipinski definition) is 0. The van der Waals surface area contributed by atoms with Crippen molar-refractivity contribution in [2.45, 2.75) is 57.6 Å². The van der Waals surface area contributed by atoms with Crippen molar-refractivity contribution in [3.8, 4) is 6.01 Å². The maximum absolute atomic E-state index is 13.5. The smallest absolute Gasteiger partial charge is 0.297 e. The summed E-state index contributed by atoms with van der Waals surface area (Å²) >= 11 is 0. The number of halogens is 2. The predicted molar refractivity (Wildman–Crippen MR) is 144 cm³/mol. The van der Waals surface area contributed by atoms with Gasteiger partial charge in [0.1, 0.15) is 11.6 Å². The number of benzene rings is 3. The van der Waals surface area contributed by atoms with E-state index in [0.717, 1.165) is 73.5 Å². The van der Waals surface area contributed by atoms with E-state index >= 15 is 0 Å². The van der Waals surface area contributed by atoms with Gasteiger partial charge in [0, 0.05) is 25.0 Å². The number of para-hydroxylation sites is 2. The van der Waals surface area contributed by atoms with Gasteiger partial charge in [-0.15, -0.1) is 0 Å². The van der Waals surface area contributed by atoms with Gasteiger partial charge in [-0.05, 0) is 93.6 Å². The molecule has 6 heteroatoms. The van der Waals surface area contributed by atoms with E-state index in [-0.39, 0.29) is 23.7 Å². The zero-order chi connectivity index (χ0) is 25.8. The summed E-state index contributed by atoms with van der Waals surface area (Å²) in [4.78, 5) is 7.30. The Labute approximate surface area is 217 Å². The fourth-order valence-corrected chi connectivity index (χ4v) is 5.51. The van der Waals surface area contributed by atoms with Crippen molar-refractivity contribution in [1.29, 1.82) is 0 Å². The molecule has 5 rings (SSSR count). The van der Waals surface area contributed by atoms with E-state index in [1.54, 1.807) is 0 Å². The number of nitrogens with zero attached hydrogens (tertiary/aromatic N) is 3. The standard InChI is InChI=1S/C31H35F2N3O/c1-22(2)37-31-34-29-7-3-4-8-30(29)36(31)27-17-20-35(21-18-27)19-5-6-28(23-9-13-25(32)14-10-23)24-11-15-26(33)16-12-24/h3-4,7-16,22,27-28H,5-6,17-21H2,1-2H3. The highest BCUT2D eigenvalue weighted by Crippen LogP contribution is 2.34. The monoisotopic (exact) mass is 503 g/mol. The van der Waals surface area contributed by atoms with Crippen LogP contribution in [-0.4, -0.2) is 40.2 Å². The highest BCUT2D eigenvalue weighted by molar-refractivity contribution is 5.76. The molecule has 4 nitrogen and oxygen atoms in total. The molecule has 0 amide bonds. The molecule has 0 saturated carbocycles. The van der Waals surface area contributed by atoms with Gasteiger partial charge in [0.25, 0.3) is 6.01 Å². The van der Waals surface area contributed by atoms with E-state index in [0.29, 0.717) is 6.04 Å². The van der Waals surface area contributed by atoms with Crippen LogP contribution in [0.2, 0.25) is 0 Å². The molecule has 4 aromatic rings. The zero-order valence-corrected chi connectivity index (χ0v) is 21.6. The summed E-state index contributed by atoms with van der Waals surface area (Å²) in [5.74, 6) is -0.360. The van der Waals surface area contributed by atoms with E-state index < -0.39 is 0 Å². The van der Waals surface area contributed by atoms with Gasteiger partial charge in [0.2, 0.25) is 0 Å². The van der Waals surface area contributed by atoms with Crippen LogP contribution in [0, 0.1) is 11.6 Å². The van der Waals surface area contributed by atoms with Crippen molar-refractivity contribution in [3.05, 3.63) is 95.6 Å². The number of fused-ring (bicyclic) bond motifs is 1. The molecule has 0 bridgehead atoms. The van der Waals surface area contributed by atoms with Crippen LogP contribution in [0.15, 0.2) is 72.8 Å². The highest BCUT2D eigenvalue weighted by Gasteiger charge is 2.26. The summed E-state index contributed by atoms with van der Waals surface area (Å²) in [5, 5.41) is 0. The van der Waals surface area contributed by atoms with Crippen molar-refractivity contribution >= 4 is 11.0 Å². The van der Waals surface area contributed by atoms with Crippen molar-refractivity contribution in [2.75, 3.05) is 19.6 Å². The summed E-state index contributed by atoms with van der Waals surface area (Å²) in [6.07, 6.45) is 4.11. The lowest BCUT2D eigenvalue weighted by Crippen LogP contribution is -2.35. The Morgan fingerprint density at radius 3 is 2.05 bits per heavy atom. The van der Waals surface area contributed by atoms with Gasteiger partial charge < -0.3 is 9.64 Å². The molecule has 1 aromatic heterocycles. The van der Waals surface area contributed by atoms with Crippen LogP contribution >= 0.6 is 0 Å². The van der Waals surface area contributed by atoms with E-state index in [1.807, 2.05) is 50.2 Å². The lowest BCUT2D eigenvalue weighted by molar-refractivity contribution is 0.163. The zero-order valence-electron chi connectivity index (χ0n) is 21.6. The molecule has 0 aliphatic carbocycles. The fourth-order valence-electron chi connectivity index (χ4n) is 5.51. The van der Waals surface area contributed by atoms with E-state index in [4.69, 9.17) is 9.72 Å². The molecule has 1 aliphatic heterocycles. The molecule has 1 saturated heterocycles. The number of aromatic nitrogens is 2. The summed E-state index contributed by atoms with van der Waals surface area (Å²) in [6, 6.07) is 22.8. The van der Waals surface area contributed by atoms with Crippen LogP contribution < -0.4 is 4.74 Å². The topological polar surface area (TPSA) is 30.3 Å². The number of hydrogen-bond acceptors (Lipinski definition) is 3. The first kappa shape index (κ1) is 25.4. The van der Waals surface area contributed by atoms with Gasteiger partial charge in [0.05, 0.1) is 17.1 Å². The predicted octanol–water partition coefficient (Wildman–Crippen LogP) is 7.35. The Kier molecular flexibility index (Phi) is 7.85. The van der Waals surface area contributed by atoms with Gasteiger partial charge in [-0.3, -0.25) is 4.57 Å². The van der Waals surface area contributed by atoms with Crippen LogP contribution in [0.3, 0.4) is 0 Å². The van der Waals surface area contributed by atoms with Crippen molar-refractivity contribution < 1.29 is 13.5 Å². The summed E-state index contributed by atoms with van der Waals surface area (Å²) < 4.78 is 35.5. The molecule has 0 spiro atoms. The molecule has 1 fully saturated rings. The third kappa shape index (κ3) is 6.02. The van der Waals surface area contributed by atoms with Crippen molar-refractivity contribution in [2.24, 2.45) is 0 Å². The molecular formula is C31H35F2N3O. The maximum atomic E-state index is 13.5. The molecule has 0 unspecified atom stereocenters. The minimum atomic E-state index is -0.239. The van der Waals surface area contributed by atoms with Crippen LogP contribution in [-0.2, 0) is 0 Å². The molecule has 194 valence electrons. The Morgan fingerprint density at radius 1 is 0.865 bits per heavy atom. The maximum Gasteiger partial charge on any atom is 0.297 e. The van der Waals surface area contributed by atoms with Crippen molar-refractivity contribution in [1.82, 2.24) is 14.5 Å². The minimum Gasteiger partial charge on any atom is -0.462 e. The van der Waals surface area contributed by atoms with Crippen LogP contribution in [0.4, 0.5) is 8.78 Å². The van der Waals surface area contributed by atoms with Crippen LogP contribution in [0.1, 0.15) is 62.6 Å². The first-order valence-corrected chi connectivity index (χ1v) is 13.3. The van der Waals surface area contributed by atoms with Crippen LogP contribution in [0.25, 0.3) is 11.0 Å². The van der Waals surface area contributed by atoms with Gasteiger partial charge in [0.15, 0.2) is 0 Å². The molecule has 2 heterocycles. The molecule has 37 heavy (non-hydrogen) atoms. The second-order valence-corrected chi connectivity index (χ2v) is 10.3. The third-order valence-electron chi connectivity index (χ3n) is 7.34. The second kappa shape index (κ2) is 11.4. The number of likely N-dealkylation sites (tertiary alicyclic amines) is 1. The average molecular weight is 504 g/mol. The second-order valence-electron chi connectivity index (χ2n) is 10.3. The number of ether oxygens (including phenoxy) is 1. The van der Waals surface area contributed by atoms with E-state index in [9.17, 15) is 8.78 Å². The largest absolute Gasteiger partial charge is 0.462 e. The lowest BCUT2D eigenvalue weighted by Gasteiger charge is -2.33. The Hall–Kier alpha value is -3.25. The molecule has 1 aliphatic rings. The lowest BCUT2D eigenvalue weighted by atomic mass is 9.87. The van der Waals surface area contributed by atoms with Crippen LogP contribution in [0.5, 0.6) is 6.01 Å². The van der Waals surface area contributed by atoms with Gasteiger partial charge >= 0.3 is 0 Å². The third-order valence-corrected chi connectivity index (χ3v) is 7.34. The highest BCUT2D eigenvalue weighted by atomic mass is 19.1. The quantitative estimate of drug-likeness (QED) is 0.239. The van der Waals surface area contributed by atoms with Gasteiger partial charge in [-0.1, -0.05) is 36.4 Å². The van der Waals surface area contributed by atoms with Crippen molar-refractivity contribution in [3.63, 3.8) is 0 Å². The van der Waals surface area contributed by atoms with E-state index in [1.165, 1.54) is 24.3 Å². The molecule has 0 N–H and O–H groups in total. The Morgan fingerprint density at radius 2 is 1.46 bits per heavy atom. The van der Waals surface area contributed by atoms with Gasteiger partial charge in [-0.25, -0.2) is 8.78 Å². The summed E-state index contributed by atoms with van der Waals surface area (Å²) in [7, 11) is 0. The van der Waals surface area contributed by atoms with E-state index in [2.05, 4.69) is 21.6 Å². The Balaban J connectivity index is 1.22. The fraction of sp³-hybridized carbons (Fsp3) is 0.387. The normalized spacial score (nSPS) is 15.2. The summed E-state index contributed by atoms with van der Waals surface area (Å²) in [5.41, 5.74) is 4.25. The average Bonchev–Trinajstić information content (AvgIpc) is 3.25. The first-order valence-electron chi connectivity index (χ1n) is 13.3. The summed E-state index contributed by atoms with van der Waals surface area (Å²) in [6.45, 7) is 7.13. The molecule has 3 aromatic carbocycles. The first-order chi connectivity index (χ1) is 18.0. The number of rotatable bonds is 9. The number of imidazole rings is 1. The molecule has 0 radical (unpaired) electrons. The molecule has 0 atom stereocenters. The van der Waals surface area contributed by atoms with Gasteiger partial charge in [-0.2, -0.15) is 4.98 Å². The number of piperidine rings is 1. The SMILES string of the molecule is CC(C)Oc1nc2ccccc2n1C1CCN(CCCC(c2ccc(F)cc2)c2ccc(F)cc2)CC1. The Bertz CT molecular complexity index is 1250. The minimum absolute atomic E-state index is 0.0748. The molecular weight excluding hydrogens is 468 g/mol.